The van der Waals surface area contributed by atoms with Crippen molar-refractivity contribution in [3.63, 3.8) is 0 Å². The summed E-state index contributed by atoms with van der Waals surface area (Å²) in [6.07, 6.45) is 0.613. The number of benzene rings is 1. The Morgan fingerprint density at radius 1 is 1.25 bits per heavy atom. The molecule has 1 unspecified atom stereocenters. The molecule has 1 rings (SSSR count). The lowest BCUT2D eigenvalue weighted by atomic mass is 9.99. The van der Waals surface area contributed by atoms with Gasteiger partial charge in [-0.1, -0.05) is 12.1 Å². The van der Waals surface area contributed by atoms with Crippen molar-refractivity contribution >= 4 is 0 Å². The van der Waals surface area contributed by atoms with Gasteiger partial charge >= 0.3 is 0 Å². The molecule has 4 heteroatoms. The molecule has 0 spiro atoms. The van der Waals surface area contributed by atoms with Gasteiger partial charge in [-0.2, -0.15) is 5.26 Å². The van der Waals surface area contributed by atoms with Gasteiger partial charge in [-0.05, 0) is 39.8 Å². The molecule has 1 N–H and O–H groups in total. The van der Waals surface area contributed by atoms with Gasteiger partial charge in [0.1, 0.15) is 5.54 Å². The molecule has 4 nitrogen and oxygen atoms in total. The van der Waals surface area contributed by atoms with Crippen LogP contribution < -0.4 is 14.8 Å². The largest absolute Gasteiger partial charge is 0.490 e. The van der Waals surface area contributed by atoms with Crippen molar-refractivity contribution in [1.82, 2.24) is 5.32 Å². The Labute approximate surface area is 121 Å². The second-order valence-corrected chi connectivity index (χ2v) is 5.22. The van der Waals surface area contributed by atoms with Crippen molar-refractivity contribution in [1.29, 1.82) is 5.26 Å². The molecule has 0 saturated carbocycles. The molecule has 0 bridgehead atoms. The summed E-state index contributed by atoms with van der Waals surface area (Å²) < 4.78 is 11.3. The maximum absolute atomic E-state index is 9.28. The predicted molar refractivity (Wildman–Crippen MR) is 80.0 cm³/mol. The molecule has 20 heavy (non-hydrogen) atoms. The van der Waals surface area contributed by atoms with E-state index in [9.17, 15) is 5.26 Å². The van der Waals surface area contributed by atoms with Crippen LogP contribution in [0.3, 0.4) is 0 Å². The molecule has 1 aromatic rings. The molecule has 0 aromatic heterocycles. The van der Waals surface area contributed by atoms with Crippen LogP contribution in [0.4, 0.5) is 0 Å². The first kappa shape index (κ1) is 16.3. The number of ether oxygens (including phenoxy) is 2. The van der Waals surface area contributed by atoms with Crippen LogP contribution >= 0.6 is 0 Å². The summed E-state index contributed by atoms with van der Waals surface area (Å²) in [6.45, 7) is 8.96. The Bertz CT molecular complexity index is 454. The minimum atomic E-state index is -0.575. The number of nitrogens with one attached hydrogen (secondary N) is 1. The minimum absolute atomic E-state index is 0.260. The predicted octanol–water partition coefficient (Wildman–Crippen LogP) is 3.13. The van der Waals surface area contributed by atoms with Crippen molar-refractivity contribution < 1.29 is 9.47 Å². The van der Waals surface area contributed by atoms with E-state index in [0.29, 0.717) is 19.6 Å². The maximum atomic E-state index is 9.28. The average Bonchev–Trinajstić information content (AvgIpc) is 2.40. The van der Waals surface area contributed by atoms with Crippen molar-refractivity contribution in [2.75, 3.05) is 13.2 Å². The van der Waals surface area contributed by atoms with Crippen molar-refractivity contribution in [2.24, 2.45) is 0 Å². The molecular weight excluding hydrogens is 252 g/mol. The van der Waals surface area contributed by atoms with E-state index in [-0.39, 0.29) is 6.04 Å². The lowest BCUT2D eigenvalue weighted by Gasteiger charge is -2.26. The molecule has 0 heterocycles. The van der Waals surface area contributed by atoms with Crippen molar-refractivity contribution in [2.45, 2.75) is 45.7 Å². The number of rotatable bonds is 8. The summed E-state index contributed by atoms with van der Waals surface area (Å²) in [5.74, 6) is 1.46. The fraction of sp³-hybridized carbons (Fsp3) is 0.562. The molecule has 0 saturated heterocycles. The van der Waals surface area contributed by atoms with Gasteiger partial charge in [0.05, 0.1) is 19.3 Å². The average molecular weight is 276 g/mol. The van der Waals surface area contributed by atoms with E-state index in [2.05, 4.69) is 11.4 Å². The molecule has 0 amide bonds. The number of para-hydroxylation sites is 2. The van der Waals surface area contributed by atoms with E-state index in [1.54, 1.807) is 0 Å². The quantitative estimate of drug-likeness (QED) is 0.792. The van der Waals surface area contributed by atoms with Crippen LogP contribution in [0.15, 0.2) is 24.3 Å². The van der Waals surface area contributed by atoms with Crippen molar-refractivity contribution in [3.05, 3.63) is 24.3 Å². The SMILES string of the molecule is CCOc1ccccc1OCCC(C)(C#N)NC(C)C. The van der Waals surface area contributed by atoms with Gasteiger partial charge in [-0.3, -0.25) is 5.32 Å². The van der Waals surface area contributed by atoms with Crippen LogP contribution in [0, 0.1) is 11.3 Å². The Hall–Kier alpha value is -1.73. The molecule has 1 atom stereocenters. The number of nitriles is 1. The third kappa shape index (κ3) is 5.10. The summed E-state index contributed by atoms with van der Waals surface area (Å²) >= 11 is 0. The van der Waals surface area contributed by atoms with E-state index >= 15 is 0 Å². The lowest BCUT2D eigenvalue weighted by Crippen LogP contribution is -2.45. The molecule has 0 aliphatic carbocycles. The van der Waals surface area contributed by atoms with E-state index < -0.39 is 5.54 Å². The Morgan fingerprint density at radius 2 is 1.85 bits per heavy atom. The van der Waals surface area contributed by atoms with Gasteiger partial charge in [-0.15, -0.1) is 0 Å². The normalized spacial score (nSPS) is 13.6. The minimum Gasteiger partial charge on any atom is -0.490 e. The molecule has 110 valence electrons. The van der Waals surface area contributed by atoms with Crippen LogP contribution in [-0.4, -0.2) is 24.8 Å². The van der Waals surface area contributed by atoms with E-state index in [0.717, 1.165) is 11.5 Å². The van der Waals surface area contributed by atoms with Gasteiger partial charge in [0.25, 0.3) is 0 Å². The highest BCUT2D eigenvalue weighted by Crippen LogP contribution is 2.26. The first-order valence-electron chi connectivity index (χ1n) is 7.04. The van der Waals surface area contributed by atoms with Crippen LogP contribution in [0.25, 0.3) is 0 Å². The topological polar surface area (TPSA) is 54.3 Å². The van der Waals surface area contributed by atoms with Crippen LogP contribution in [-0.2, 0) is 0 Å². The molecule has 1 aromatic carbocycles. The first-order valence-corrected chi connectivity index (χ1v) is 7.04. The fourth-order valence-corrected chi connectivity index (χ4v) is 2.01. The molecule has 0 radical (unpaired) electrons. The highest BCUT2D eigenvalue weighted by atomic mass is 16.5. The Kier molecular flexibility index (Phi) is 6.33. The van der Waals surface area contributed by atoms with Gasteiger partial charge in [-0.25, -0.2) is 0 Å². The third-order valence-corrected chi connectivity index (χ3v) is 2.86. The van der Waals surface area contributed by atoms with Gasteiger partial charge in [0, 0.05) is 12.5 Å². The maximum Gasteiger partial charge on any atom is 0.161 e. The van der Waals surface area contributed by atoms with E-state index in [4.69, 9.17) is 9.47 Å². The smallest absolute Gasteiger partial charge is 0.161 e. The number of nitrogens with zero attached hydrogens (tertiary/aromatic N) is 1. The second kappa shape index (κ2) is 7.76. The molecule has 0 fully saturated rings. The Balaban J connectivity index is 2.57. The summed E-state index contributed by atoms with van der Waals surface area (Å²) in [5, 5.41) is 12.5. The van der Waals surface area contributed by atoms with E-state index in [1.807, 2.05) is 52.0 Å². The van der Waals surface area contributed by atoms with Gasteiger partial charge in [0.2, 0.25) is 0 Å². The second-order valence-electron chi connectivity index (χ2n) is 5.22. The van der Waals surface area contributed by atoms with Gasteiger partial charge in [0.15, 0.2) is 11.5 Å². The zero-order valence-electron chi connectivity index (χ0n) is 12.8. The zero-order chi connectivity index (χ0) is 15.0. The Morgan fingerprint density at radius 3 is 2.35 bits per heavy atom. The fourth-order valence-electron chi connectivity index (χ4n) is 2.01. The highest BCUT2D eigenvalue weighted by Gasteiger charge is 2.24. The highest BCUT2D eigenvalue weighted by molar-refractivity contribution is 5.39. The number of hydrogen-bond acceptors (Lipinski definition) is 4. The monoisotopic (exact) mass is 276 g/mol. The molecule has 0 aliphatic rings. The summed E-state index contributed by atoms with van der Waals surface area (Å²) in [4.78, 5) is 0. The molecular formula is C16H24N2O2. The standard InChI is InChI=1S/C16H24N2O2/c1-5-19-14-8-6-7-9-15(14)20-11-10-16(4,12-17)18-13(2)3/h6-9,13,18H,5,10-11H2,1-4H3. The summed E-state index contributed by atoms with van der Waals surface area (Å²) in [6, 6.07) is 10.2. The lowest BCUT2D eigenvalue weighted by molar-refractivity contribution is 0.243. The molecule has 0 aliphatic heterocycles. The van der Waals surface area contributed by atoms with Crippen LogP contribution in [0.2, 0.25) is 0 Å². The van der Waals surface area contributed by atoms with Gasteiger partial charge < -0.3 is 9.47 Å². The number of hydrogen-bond donors (Lipinski definition) is 1. The first-order chi connectivity index (χ1) is 9.50. The third-order valence-electron chi connectivity index (χ3n) is 2.86. The van der Waals surface area contributed by atoms with Crippen LogP contribution in [0.1, 0.15) is 34.1 Å². The zero-order valence-corrected chi connectivity index (χ0v) is 12.8. The van der Waals surface area contributed by atoms with Crippen LogP contribution in [0.5, 0.6) is 11.5 Å². The summed E-state index contributed by atoms with van der Waals surface area (Å²) in [5.41, 5.74) is -0.575. The van der Waals surface area contributed by atoms with E-state index in [1.165, 1.54) is 0 Å². The summed E-state index contributed by atoms with van der Waals surface area (Å²) in [7, 11) is 0. The van der Waals surface area contributed by atoms with Crippen molar-refractivity contribution in [3.8, 4) is 17.6 Å².